The van der Waals surface area contributed by atoms with Gasteiger partial charge in [0.05, 0.1) is 4.90 Å². The highest BCUT2D eigenvalue weighted by Crippen LogP contribution is 2.14. The smallest absolute Gasteiger partial charge is 0.238 e. The Morgan fingerprint density at radius 3 is 2.42 bits per heavy atom. The first-order valence-electron chi connectivity index (χ1n) is 5.96. The zero-order valence-electron chi connectivity index (χ0n) is 10.4. The highest BCUT2D eigenvalue weighted by molar-refractivity contribution is 7.89. The van der Waals surface area contributed by atoms with Crippen molar-refractivity contribution in [3.05, 3.63) is 60.2 Å². The van der Waals surface area contributed by atoms with Crippen molar-refractivity contribution in [3.8, 4) is 0 Å². The standard InChI is InChI=1S/C14H16N2O2S/c15-19(17,18)14-8-4-7-13(11-14)16-10-9-12-5-2-1-3-6-12/h1-8,11,16H,9-10H2,(H2,15,17,18). The molecule has 0 aliphatic heterocycles. The molecule has 2 rings (SSSR count). The molecule has 0 spiro atoms. The molecule has 5 heteroatoms. The number of nitrogens with two attached hydrogens (primary N) is 1. The van der Waals surface area contributed by atoms with E-state index in [-0.39, 0.29) is 4.90 Å². The summed E-state index contributed by atoms with van der Waals surface area (Å²) in [5, 5.41) is 8.28. The fourth-order valence-corrected chi connectivity index (χ4v) is 2.34. The molecule has 0 fully saturated rings. The van der Waals surface area contributed by atoms with Crippen LogP contribution in [0.25, 0.3) is 0 Å². The molecule has 2 aromatic carbocycles. The third-order valence-corrected chi connectivity index (χ3v) is 3.66. The second kappa shape index (κ2) is 5.86. The highest BCUT2D eigenvalue weighted by Gasteiger charge is 2.07. The number of hydrogen-bond acceptors (Lipinski definition) is 3. The summed E-state index contributed by atoms with van der Waals surface area (Å²) in [4.78, 5) is 0.122. The molecule has 19 heavy (non-hydrogen) atoms. The van der Waals surface area contributed by atoms with E-state index >= 15 is 0 Å². The largest absolute Gasteiger partial charge is 0.385 e. The van der Waals surface area contributed by atoms with Crippen LogP contribution in [0.15, 0.2) is 59.5 Å². The number of anilines is 1. The summed E-state index contributed by atoms with van der Waals surface area (Å²) >= 11 is 0. The Bertz CT molecular complexity index is 640. The monoisotopic (exact) mass is 276 g/mol. The van der Waals surface area contributed by atoms with Crippen LogP contribution in [0, 0.1) is 0 Å². The van der Waals surface area contributed by atoms with E-state index in [2.05, 4.69) is 17.4 Å². The number of benzene rings is 2. The summed E-state index contributed by atoms with van der Waals surface area (Å²) in [6.45, 7) is 0.734. The maximum absolute atomic E-state index is 11.2. The fraction of sp³-hybridized carbons (Fsp3) is 0.143. The van der Waals surface area contributed by atoms with Gasteiger partial charge in [0.15, 0.2) is 0 Å². The van der Waals surface area contributed by atoms with Crippen molar-refractivity contribution in [3.63, 3.8) is 0 Å². The van der Waals surface area contributed by atoms with E-state index < -0.39 is 10.0 Å². The first kappa shape index (κ1) is 13.6. The molecule has 0 aliphatic rings. The topological polar surface area (TPSA) is 72.2 Å². The second-order valence-corrected chi connectivity index (χ2v) is 5.80. The van der Waals surface area contributed by atoms with Gasteiger partial charge in [-0.05, 0) is 30.2 Å². The van der Waals surface area contributed by atoms with Crippen molar-refractivity contribution in [1.29, 1.82) is 0 Å². The average molecular weight is 276 g/mol. The van der Waals surface area contributed by atoms with Crippen LogP contribution in [0.1, 0.15) is 5.56 Å². The summed E-state index contributed by atoms with van der Waals surface area (Å²) in [6, 6.07) is 16.6. The van der Waals surface area contributed by atoms with Gasteiger partial charge in [-0.3, -0.25) is 0 Å². The molecule has 0 aromatic heterocycles. The third kappa shape index (κ3) is 4.08. The van der Waals surface area contributed by atoms with Crippen LogP contribution in [0.2, 0.25) is 0 Å². The Morgan fingerprint density at radius 1 is 1.00 bits per heavy atom. The minimum atomic E-state index is -3.64. The number of nitrogens with one attached hydrogen (secondary N) is 1. The van der Waals surface area contributed by atoms with E-state index in [1.807, 2.05) is 24.3 Å². The van der Waals surface area contributed by atoms with Crippen LogP contribution in [-0.2, 0) is 16.4 Å². The summed E-state index contributed by atoms with van der Waals surface area (Å²) in [5.41, 5.74) is 1.99. The Labute approximate surface area is 113 Å². The van der Waals surface area contributed by atoms with E-state index in [0.29, 0.717) is 0 Å². The van der Waals surface area contributed by atoms with Gasteiger partial charge in [-0.25, -0.2) is 13.6 Å². The maximum Gasteiger partial charge on any atom is 0.238 e. The zero-order valence-corrected chi connectivity index (χ0v) is 11.2. The Balaban J connectivity index is 1.97. The molecular formula is C14H16N2O2S. The molecule has 0 saturated carbocycles. The molecule has 0 amide bonds. The van der Waals surface area contributed by atoms with Crippen LogP contribution in [0.5, 0.6) is 0 Å². The van der Waals surface area contributed by atoms with Crippen molar-refractivity contribution >= 4 is 15.7 Å². The molecule has 0 aliphatic carbocycles. The van der Waals surface area contributed by atoms with Gasteiger partial charge in [-0.1, -0.05) is 36.4 Å². The van der Waals surface area contributed by atoms with E-state index in [1.54, 1.807) is 12.1 Å². The maximum atomic E-state index is 11.2. The molecule has 4 nitrogen and oxygen atoms in total. The molecule has 0 radical (unpaired) electrons. The molecule has 0 heterocycles. The van der Waals surface area contributed by atoms with Gasteiger partial charge >= 0.3 is 0 Å². The van der Waals surface area contributed by atoms with Crippen LogP contribution < -0.4 is 10.5 Å². The Morgan fingerprint density at radius 2 is 1.74 bits per heavy atom. The molecule has 0 bridgehead atoms. The van der Waals surface area contributed by atoms with Gasteiger partial charge < -0.3 is 5.32 Å². The van der Waals surface area contributed by atoms with Crippen LogP contribution in [0.3, 0.4) is 0 Å². The summed E-state index contributed by atoms with van der Waals surface area (Å²) < 4.78 is 22.5. The van der Waals surface area contributed by atoms with E-state index in [4.69, 9.17) is 5.14 Å². The lowest BCUT2D eigenvalue weighted by atomic mass is 10.1. The van der Waals surface area contributed by atoms with Gasteiger partial charge in [0.1, 0.15) is 0 Å². The molecule has 100 valence electrons. The summed E-state index contributed by atoms with van der Waals surface area (Å²) in [7, 11) is -3.64. The SMILES string of the molecule is NS(=O)(=O)c1cccc(NCCc2ccccc2)c1. The molecule has 0 saturated heterocycles. The van der Waals surface area contributed by atoms with Crippen molar-refractivity contribution in [2.45, 2.75) is 11.3 Å². The summed E-state index contributed by atoms with van der Waals surface area (Å²) in [6.07, 6.45) is 0.875. The van der Waals surface area contributed by atoms with Crippen molar-refractivity contribution in [2.75, 3.05) is 11.9 Å². The molecule has 0 atom stereocenters. The second-order valence-electron chi connectivity index (χ2n) is 4.24. The minimum Gasteiger partial charge on any atom is -0.385 e. The fourth-order valence-electron chi connectivity index (χ4n) is 1.78. The Kier molecular flexibility index (Phi) is 4.19. The van der Waals surface area contributed by atoms with E-state index in [1.165, 1.54) is 11.6 Å². The lowest BCUT2D eigenvalue weighted by Gasteiger charge is -2.07. The van der Waals surface area contributed by atoms with Gasteiger partial charge in [0.25, 0.3) is 0 Å². The van der Waals surface area contributed by atoms with Gasteiger partial charge in [0, 0.05) is 12.2 Å². The summed E-state index contributed by atoms with van der Waals surface area (Å²) in [5.74, 6) is 0. The number of hydrogen-bond donors (Lipinski definition) is 2. The van der Waals surface area contributed by atoms with Gasteiger partial charge in [-0.2, -0.15) is 0 Å². The van der Waals surface area contributed by atoms with E-state index in [9.17, 15) is 8.42 Å². The zero-order chi connectivity index (χ0) is 13.7. The molecule has 2 aromatic rings. The Hall–Kier alpha value is -1.85. The van der Waals surface area contributed by atoms with Crippen molar-refractivity contribution < 1.29 is 8.42 Å². The minimum absolute atomic E-state index is 0.122. The molecular weight excluding hydrogens is 260 g/mol. The van der Waals surface area contributed by atoms with Crippen molar-refractivity contribution in [1.82, 2.24) is 0 Å². The number of rotatable bonds is 5. The first-order valence-corrected chi connectivity index (χ1v) is 7.51. The average Bonchev–Trinajstić information content (AvgIpc) is 2.39. The number of primary sulfonamides is 1. The quantitative estimate of drug-likeness (QED) is 0.877. The molecule has 3 N–H and O–H groups in total. The lowest BCUT2D eigenvalue weighted by molar-refractivity contribution is 0.598. The first-order chi connectivity index (χ1) is 9.05. The molecule has 0 unspecified atom stereocenters. The number of sulfonamides is 1. The lowest BCUT2D eigenvalue weighted by Crippen LogP contribution is -2.12. The van der Waals surface area contributed by atoms with Crippen LogP contribution in [0.4, 0.5) is 5.69 Å². The van der Waals surface area contributed by atoms with Gasteiger partial charge in [0.2, 0.25) is 10.0 Å². The van der Waals surface area contributed by atoms with Gasteiger partial charge in [-0.15, -0.1) is 0 Å². The van der Waals surface area contributed by atoms with Crippen molar-refractivity contribution in [2.24, 2.45) is 5.14 Å². The predicted molar refractivity (Wildman–Crippen MR) is 76.5 cm³/mol. The highest BCUT2D eigenvalue weighted by atomic mass is 32.2. The van der Waals surface area contributed by atoms with Crippen LogP contribution in [-0.4, -0.2) is 15.0 Å². The predicted octanol–water partition coefficient (Wildman–Crippen LogP) is 1.99. The van der Waals surface area contributed by atoms with Crippen LogP contribution >= 0.6 is 0 Å². The normalized spacial score (nSPS) is 11.2. The third-order valence-electron chi connectivity index (χ3n) is 2.75. The van der Waals surface area contributed by atoms with E-state index in [0.717, 1.165) is 18.7 Å².